The van der Waals surface area contributed by atoms with Crippen molar-refractivity contribution >= 4 is 104 Å². The number of piperazine rings is 1. The smallest absolute Gasteiger partial charge is 0.409 e. The van der Waals surface area contributed by atoms with Crippen LogP contribution in [0.4, 0.5) is 10.5 Å². The van der Waals surface area contributed by atoms with Gasteiger partial charge in [0.15, 0.2) is 23.1 Å². The van der Waals surface area contributed by atoms with Crippen LogP contribution in [0.1, 0.15) is 143 Å². The number of Topliss-reactive ketones (excluding diaryl/α,β-unsaturated/α-hetero) is 4. The highest BCUT2D eigenvalue weighted by molar-refractivity contribution is 6.19. The highest BCUT2D eigenvalue weighted by Gasteiger charge is 2.39. The number of aromatic nitrogens is 1. The Morgan fingerprint density at radius 1 is 0.720 bits per heavy atom. The Hall–Kier alpha value is -8.36. The van der Waals surface area contributed by atoms with Crippen LogP contribution in [0.5, 0.6) is 5.75 Å². The number of amides is 7. The summed E-state index contributed by atoms with van der Waals surface area (Å²) in [4.78, 5) is 160. The zero-order valence-corrected chi connectivity index (χ0v) is 55.2. The Kier molecular flexibility index (Phi) is 23.0. The minimum absolute atomic E-state index is 0.0125. The molecule has 4 aliphatic rings. The average molecular weight is 1290 g/mol. The molecule has 0 saturated carbocycles. The first-order valence-electron chi connectivity index (χ1n) is 32.8. The molecule has 20 nitrogen and oxygen atoms in total. The summed E-state index contributed by atoms with van der Waals surface area (Å²) in [6.07, 6.45) is 4.09. The lowest BCUT2D eigenvalue weighted by atomic mass is 9.88. The summed E-state index contributed by atoms with van der Waals surface area (Å²) in [5.74, 6) is -4.35. The Bertz CT molecular complexity index is 3680. The molecule has 1 aromatic heterocycles. The Morgan fingerprint density at radius 3 is 2.04 bits per heavy atom. The van der Waals surface area contributed by atoms with E-state index in [1.54, 1.807) is 46.2 Å². The van der Waals surface area contributed by atoms with E-state index < -0.39 is 53.6 Å². The normalized spacial score (nSPS) is 17.6. The molecule has 0 unspecified atom stereocenters. The van der Waals surface area contributed by atoms with Crippen LogP contribution in [-0.4, -0.2) is 167 Å². The van der Waals surface area contributed by atoms with E-state index in [0.717, 1.165) is 45.3 Å². The number of carbonyl (C=O) groups is 11. The fraction of sp³-hybridized carbons (Fsp3) is 0.486. The van der Waals surface area contributed by atoms with E-state index in [1.807, 2.05) is 91.1 Å². The van der Waals surface area contributed by atoms with Crippen LogP contribution < -0.4 is 20.3 Å². The van der Waals surface area contributed by atoms with Gasteiger partial charge in [0.05, 0.1) is 24.3 Å². The molecule has 0 spiro atoms. The molecule has 5 aromatic rings. The molecular formula is C72H87ClN8O12. The maximum Gasteiger partial charge on any atom is 0.415 e. The van der Waals surface area contributed by atoms with Gasteiger partial charge in [0.2, 0.25) is 17.7 Å². The Morgan fingerprint density at radius 2 is 1.38 bits per heavy atom. The number of imide groups is 1. The molecule has 7 amide bonds. The third-order valence-corrected chi connectivity index (χ3v) is 18.5. The van der Waals surface area contributed by atoms with Crippen LogP contribution in [0.15, 0.2) is 91.0 Å². The van der Waals surface area contributed by atoms with Gasteiger partial charge in [-0.3, -0.25) is 52.8 Å². The molecule has 4 aromatic carbocycles. The lowest BCUT2D eigenvalue weighted by Crippen LogP contribution is -2.48. The third kappa shape index (κ3) is 17.3. The first-order valence-corrected chi connectivity index (χ1v) is 33.3. The van der Waals surface area contributed by atoms with Crippen LogP contribution in [-0.2, 0) is 51.2 Å². The van der Waals surface area contributed by atoms with Gasteiger partial charge in [-0.05, 0) is 104 Å². The topological polar surface area (TPSA) is 253 Å². The number of hydrogen-bond donors (Lipinski definition) is 3. The highest BCUT2D eigenvalue weighted by Crippen LogP contribution is 2.46. The van der Waals surface area contributed by atoms with Crippen molar-refractivity contribution in [2.45, 2.75) is 130 Å². The zero-order chi connectivity index (χ0) is 66.8. The van der Waals surface area contributed by atoms with Crippen LogP contribution in [0.25, 0.3) is 21.7 Å². The molecule has 9 rings (SSSR count). The van der Waals surface area contributed by atoms with Gasteiger partial charge in [-0.1, -0.05) is 96.1 Å². The minimum atomic E-state index is -0.864. The largest absolute Gasteiger partial charge is 0.415 e. The zero-order valence-electron chi connectivity index (χ0n) is 54.4. The quantitative estimate of drug-likeness (QED) is 0.0230. The van der Waals surface area contributed by atoms with Gasteiger partial charge in [-0.15, -0.1) is 11.6 Å². The summed E-state index contributed by atoms with van der Waals surface area (Å²) in [5, 5.41) is 8.06. The number of rotatable bonds is 29. The number of H-pyrrole nitrogens is 1. The van der Waals surface area contributed by atoms with Gasteiger partial charge >= 0.3 is 6.09 Å². The maximum atomic E-state index is 14.5. The van der Waals surface area contributed by atoms with Crippen molar-refractivity contribution in [2.75, 3.05) is 70.2 Å². The minimum Gasteiger partial charge on any atom is -0.409 e. The van der Waals surface area contributed by atoms with Gasteiger partial charge in [-0.2, -0.15) is 0 Å². The number of hydrogen-bond acceptors (Lipinski definition) is 13. The number of benzene rings is 4. The second-order valence-corrected chi connectivity index (χ2v) is 27.1. The highest BCUT2D eigenvalue weighted by atomic mass is 35.5. The standard InChI is InChI=1S/C72H87ClN8O12/c1-43(2)30-50(36-53(82)41-74-69(89)51(31-44(3)4)38-63(85)59-14-10-24-79(59)65(86)15-11-25-80-66(87)22-23-67(80)88)70(90)76-57(32-45(5)6)62(84)34-46-16-19-48(20-17-46)61(83)35-47-18-21-56-49(33-47)37-58(75-56)71(91)81-42-52(40-73)68-55-13-9-8-12-54(55)64(39-60(68)81)93-72(92)78-28-26-77(7)27-29-78/h8-9,12-13,16-23,33,37,39,43-45,50-52,57,59,75H,10-11,14-15,24-32,34-36,38,40-42H2,1-7H3,(H,74,89)(H,76,90)/t50-,51-,52-,57+,59+/m1/s1. The van der Waals surface area contributed by atoms with Crippen LogP contribution in [0, 0.1) is 29.6 Å². The summed E-state index contributed by atoms with van der Waals surface area (Å²) in [6, 6.07) is 22.1. The first-order chi connectivity index (χ1) is 44.4. The van der Waals surface area contributed by atoms with Crippen LogP contribution >= 0.6 is 11.6 Å². The van der Waals surface area contributed by atoms with Gasteiger partial charge in [0, 0.05) is 142 Å². The van der Waals surface area contributed by atoms with E-state index in [4.69, 9.17) is 16.3 Å². The van der Waals surface area contributed by atoms with Crippen molar-refractivity contribution in [1.29, 1.82) is 0 Å². The average Bonchev–Trinajstić information content (AvgIpc) is 1.63. The van der Waals surface area contributed by atoms with Gasteiger partial charge in [0.1, 0.15) is 11.4 Å². The summed E-state index contributed by atoms with van der Waals surface area (Å²) in [6.45, 7) is 14.6. The maximum absolute atomic E-state index is 14.5. The SMILES string of the molecule is CC(C)C[C@H](CC(=O)[C@@H]1CCCN1C(=O)CCCN1C(=O)C=CC1=O)C(=O)NCC(=O)C[C@@H](CC(C)C)C(=O)N[C@@H](CC(C)C)C(=O)Cc1ccc(C(=O)Cc2ccc3[nH]c(C(=O)N4C[C@@H](CCl)c5c4cc(OC(=O)N4CCN(C)CC4)c4ccccc54)cc3c2)cc1. The van der Waals surface area contributed by atoms with Crippen molar-refractivity contribution < 1.29 is 57.5 Å². The van der Waals surface area contributed by atoms with E-state index in [-0.39, 0.29) is 116 Å². The molecule has 3 N–H and O–H groups in total. The van der Waals surface area contributed by atoms with Crippen LogP contribution in [0.3, 0.4) is 0 Å². The molecular weight excluding hydrogens is 1200 g/mol. The van der Waals surface area contributed by atoms with Crippen molar-refractivity contribution in [1.82, 2.24) is 35.2 Å². The van der Waals surface area contributed by atoms with Gasteiger partial charge in [-0.25, -0.2) is 4.79 Å². The van der Waals surface area contributed by atoms with E-state index in [0.29, 0.717) is 92.1 Å². The third-order valence-electron chi connectivity index (χ3n) is 18.1. The number of nitrogens with one attached hydrogen (secondary N) is 3. The van der Waals surface area contributed by atoms with E-state index in [1.165, 1.54) is 17.1 Å². The molecule has 494 valence electrons. The molecule has 21 heteroatoms. The molecule has 5 atom stereocenters. The molecule has 2 fully saturated rings. The number of alkyl halides is 1. The predicted octanol–water partition coefficient (Wildman–Crippen LogP) is 9.17. The number of halogens is 1. The van der Waals surface area contributed by atoms with E-state index in [2.05, 4.69) is 20.5 Å². The summed E-state index contributed by atoms with van der Waals surface area (Å²) < 4.78 is 6.08. The van der Waals surface area contributed by atoms with Crippen molar-refractivity contribution in [3.8, 4) is 5.75 Å². The first kappa shape index (κ1) is 69.0. The molecule has 2 saturated heterocycles. The fourth-order valence-electron chi connectivity index (χ4n) is 13.3. The fourth-order valence-corrected chi connectivity index (χ4v) is 13.6. The monoisotopic (exact) mass is 1290 g/mol. The van der Waals surface area contributed by atoms with Gasteiger partial charge < -0.3 is 40.0 Å². The molecule has 0 aliphatic carbocycles. The molecule has 0 bridgehead atoms. The molecule has 93 heavy (non-hydrogen) atoms. The number of ether oxygens (including phenoxy) is 1. The number of fused-ring (bicyclic) bond motifs is 4. The van der Waals surface area contributed by atoms with Crippen molar-refractivity contribution in [2.24, 2.45) is 29.6 Å². The number of ketones is 4. The number of nitrogens with zero attached hydrogens (tertiary/aromatic N) is 5. The molecule has 0 radical (unpaired) electrons. The summed E-state index contributed by atoms with van der Waals surface area (Å²) in [5.41, 5.74) is 4.41. The molecule has 4 aliphatic heterocycles. The Balaban J connectivity index is 0.776. The number of carbonyl (C=O) groups excluding carboxylic acids is 11. The van der Waals surface area contributed by atoms with Crippen molar-refractivity contribution in [3.63, 3.8) is 0 Å². The van der Waals surface area contributed by atoms with Gasteiger partial charge in [0.25, 0.3) is 17.7 Å². The number of likely N-dealkylation sites (tertiary alicyclic amines) is 1. The lowest BCUT2D eigenvalue weighted by molar-refractivity contribution is -0.140. The van der Waals surface area contributed by atoms with Crippen molar-refractivity contribution in [3.05, 3.63) is 119 Å². The van der Waals surface area contributed by atoms with E-state index in [9.17, 15) is 52.7 Å². The summed E-state index contributed by atoms with van der Waals surface area (Å²) >= 11 is 6.59. The Labute approximate surface area is 548 Å². The number of aromatic amines is 1. The second-order valence-electron chi connectivity index (χ2n) is 26.8. The van der Waals surface area contributed by atoms with E-state index >= 15 is 0 Å². The number of likely N-dealkylation sites (N-methyl/N-ethyl adjacent to an activating group) is 1. The predicted molar refractivity (Wildman–Crippen MR) is 355 cm³/mol. The summed E-state index contributed by atoms with van der Waals surface area (Å²) in [7, 11) is 2.02. The van der Waals surface area contributed by atoms with Crippen LogP contribution in [0.2, 0.25) is 0 Å². The number of anilines is 1. The lowest BCUT2D eigenvalue weighted by Gasteiger charge is -2.31. The second kappa shape index (κ2) is 31.0. The molecule has 5 heterocycles.